The molecule has 0 heterocycles. The van der Waals surface area contributed by atoms with Gasteiger partial charge in [-0.2, -0.15) is 0 Å². The molecule has 0 saturated heterocycles. The second-order valence-corrected chi connectivity index (χ2v) is 4.68. The minimum absolute atomic E-state index is 0.377. The smallest absolute Gasteiger partial charge is 0.240 e. The molecule has 0 unspecified atom stereocenters. The molecule has 0 aliphatic heterocycles. The van der Waals surface area contributed by atoms with Gasteiger partial charge in [0, 0.05) is 14.1 Å². The van der Waals surface area contributed by atoms with Crippen molar-refractivity contribution in [3.63, 3.8) is 0 Å². The summed E-state index contributed by atoms with van der Waals surface area (Å²) >= 11 is 0. The summed E-state index contributed by atoms with van der Waals surface area (Å²) in [6, 6.07) is 1.66. The van der Waals surface area contributed by atoms with Gasteiger partial charge in [-0.25, -0.2) is 22.3 Å². The van der Waals surface area contributed by atoms with Crippen molar-refractivity contribution in [3.05, 3.63) is 23.8 Å². The third kappa shape index (κ3) is 2.24. The number of hydrogen-bond donors (Lipinski definition) is 1. The minimum atomic E-state index is -4.07. The highest BCUT2D eigenvalue weighted by molar-refractivity contribution is 7.89. The second-order valence-electron chi connectivity index (χ2n) is 3.15. The van der Waals surface area contributed by atoms with Crippen LogP contribution in [0, 0.1) is 11.6 Å². The molecule has 0 aliphatic rings. The first kappa shape index (κ1) is 11.9. The van der Waals surface area contributed by atoms with Gasteiger partial charge in [0.2, 0.25) is 10.0 Å². The van der Waals surface area contributed by atoms with E-state index in [4.69, 9.17) is 5.14 Å². The van der Waals surface area contributed by atoms with Gasteiger partial charge in [-0.05, 0) is 12.1 Å². The molecule has 1 rings (SSSR count). The SMILES string of the molecule is CN(C)c1c(S(N)(=O)=O)ccc(F)c1F. The molecule has 0 fully saturated rings. The Morgan fingerprint density at radius 3 is 2.20 bits per heavy atom. The lowest BCUT2D eigenvalue weighted by Gasteiger charge is -2.17. The fourth-order valence-corrected chi connectivity index (χ4v) is 1.97. The lowest BCUT2D eigenvalue weighted by Crippen LogP contribution is -2.20. The number of nitrogens with two attached hydrogens (primary N) is 1. The van der Waals surface area contributed by atoms with Crippen LogP contribution in [-0.2, 0) is 10.0 Å². The average Bonchev–Trinajstić information content (AvgIpc) is 2.06. The predicted octanol–water partition coefficient (Wildman–Crippen LogP) is 0.678. The van der Waals surface area contributed by atoms with Gasteiger partial charge in [-0.1, -0.05) is 0 Å². The van der Waals surface area contributed by atoms with E-state index >= 15 is 0 Å². The van der Waals surface area contributed by atoms with Crippen LogP contribution in [0.5, 0.6) is 0 Å². The maximum Gasteiger partial charge on any atom is 0.240 e. The van der Waals surface area contributed by atoms with E-state index in [1.165, 1.54) is 14.1 Å². The van der Waals surface area contributed by atoms with Crippen LogP contribution in [0.25, 0.3) is 0 Å². The Morgan fingerprint density at radius 1 is 1.27 bits per heavy atom. The van der Waals surface area contributed by atoms with Crippen molar-refractivity contribution < 1.29 is 17.2 Å². The molecule has 0 aromatic heterocycles. The van der Waals surface area contributed by atoms with Crippen LogP contribution in [-0.4, -0.2) is 22.5 Å². The first-order valence-electron chi connectivity index (χ1n) is 3.93. The molecule has 0 saturated carbocycles. The van der Waals surface area contributed by atoms with Crippen molar-refractivity contribution in [1.82, 2.24) is 0 Å². The number of primary sulfonamides is 1. The van der Waals surface area contributed by atoms with E-state index < -0.39 is 26.6 Å². The molecule has 0 bridgehead atoms. The fourth-order valence-electron chi connectivity index (χ4n) is 1.17. The summed E-state index contributed by atoms with van der Waals surface area (Å²) in [5.74, 6) is -2.35. The summed E-state index contributed by atoms with van der Waals surface area (Å²) in [4.78, 5) is 0.712. The quantitative estimate of drug-likeness (QED) is 0.821. The maximum absolute atomic E-state index is 13.3. The van der Waals surface area contributed by atoms with Crippen molar-refractivity contribution >= 4 is 15.7 Å². The van der Waals surface area contributed by atoms with Gasteiger partial charge < -0.3 is 4.90 Å². The van der Waals surface area contributed by atoms with E-state index in [0.29, 0.717) is 0 Å². The summed E-state index contributed by atoms with van der Waals surface area (Å²) in [5.41, 5.74) is -0.377. The van der Waals surface area contributed by atoms with Gasteiger partial charge >= 0.3 is 0 Å². The second kappa shape index (κ2) is 3.74. The normalized spacial score (nSPS) is 11.5. The van der Waals surface area contributed by atoms with Crippen LogP contribution >= 0.6 is 0 Å². The van der Waals surface area contributed by atoms with Crippen LogP contribution < -0.4 is 10.0 Å². The first-order valence-corrected chi connectivity index (χ1v) is 5.48. The Balaban J connectivity index is 3.62. The molecule has 7 heteroatoms. The van der Waals surface area contributed by atoms with E-state index in [9.17, 15) is 17.2 Å². The van der Waals surface area contributed by atoms with Gasteiger partial charge in [0.25, 0.3) is 0 Å². The molecule has 2 N–H and O–H groups in total. The third-order valence-electron chi connectivity index (χ3n) is 1.79. The number of nitrogens with zero attached hydrogens (tertiary/aromatic N) is 1. The van der Waals surface area contributed by atoms with Crippen molar-refractivity contribution in [3.8, 4) is 0 Å². The van der Waals surface area contributed by atoms with Gasteiger partial charge in [0.1, 0.15) is 4.90 Å². The summed E-state index contributed by atoms with van der Waals surface area (Å²) in [7, 11) is -1.28. The number of halogens is 2. The Morgan fingerprint density at radius 2 is 1.80 bits per heavy atom. The van der Waals surface area contributed by atoms with Gasteiger partial charge in [-0.15, -0.1) is 0 Å². The highest BCUT2D eigenvalue weighted by atomic mass is 32.2. The van der Waals surface area contributed by atoms with E-state index in [1.54, 1.807) is 0 Å². The third-order valence-corrected chi connectivity index (χ3v) is 2.73. The Hall–Kier alpha value is -1.21. The molecule has 0 radical (unpaired) electrons. The fraction of sp³-hybridized carbons (Fsp3) is 0.250. The average molecular weight is 236 g/mol. The predicted molar refractivity (Wildman–Crippen MR) is 52.1 cm³/mol. The molecule has 4 nitrogen and oxygen atoms in total. The molecule has 0 spiro atoms. The number of hydrogen-bond acceptors (Lipinski definition) is 3. The van der Waals surface area contributed by atoms with E-state index in [1.807, 2.05) is 0 Å². The first-order chi connectivity index (χ1) is 6.75. The summed E-state index contributed by atoms with van der Waals surface area (Å²) in [6.07, 6.45) is 0. The monoisotopic (exact) mass is 236 g/mol. The Bertz CT molecular complexity index is 486. The lowest BCUT2D eigenvalue weighted by atomic mass is 10.3. The van der Waals surface area contributed by atoms with Crippen LogP contribution in [0.1, 0.15) is 0 Å². The number of sulfonamides is 1. The molecule has 15 heavy (non-hydrogen) atoms. The highest BCUT2D eigenvalue weighted by Crippen LogP contribution is 2.27. The topological polar surface area (TPSA) is 63.4 Å². The zero-order chi connectivity index (χ0) is 11.8. The Labute approximate surface area is 86.4 Å². The van der Waals surface area contributed by atoms with Crippen molar-refractivity contribution in [2.24, 2.45) is 5.14 Å². The molecule has 0 atom stereocenters. The van der Waals surface area contributed by atoms with Gasteiger partial charge in [-0.3, -0.25) is 0 Å². The zero-order valence-corrected chi connectivity index (χ0v) is 8.98. The standard InChI is InChI=1S/C8H10F2N2O2S/c1-12(2)8-6(15(11,13)14)4-3-5(9)7(8)10/h3-4H,1-2H3,(H2,11,13,14). The molecule has 84 valence electrons. The number of anilines is 1. The number of benzene rings is 1. The number of rotatable bonds is 2. The van der Waals surface area contributed by atoms with Crippen molar-refractivity contribution in [2.75, 3.05) is 19.0 Å². The highest BCUT2D eigenvalue weighted by Gasteiger charge is 2.21. The van der Waals surface area contributed by atoms with Crippen LogP contribution in [0.3, 0.4) is 0 Å². The zero-order valence-electron chi connectivity index (χ0n) is 8.16. The van der Waals surface area contributed by atoms with Crippen molar-refractivity contribution in [2.45, 2.75) is 4.90 Å². The molecule has 1 aromatic carbocycles. The van der Waals surface area contributed by atoms with Crippen LogP contribution in [0.15, 0.2) is 17.0 Å². The van der Waals surface area contributed by atoms with Gasteiger partial charge in [0.15, 0.2) is 11.6 Å². The van der Waals surface area contributed by atoms with E-state index in [0.717, 1.165) is 17.0 Å². The molecular formula is C8H10F2N2O2S. The largest absolute Gasteiger partial charge is 0.374 e. The van der Waals surface area contributed by atoms with Crippen LogP contribution in [0.4, 0.5) is 14.5 Å². The summed E-state index contributed by atoms with van der Waals surface area (Å²) < 4.78 is 48.3. The summed E-state index contributed by atoms with van der Waals surface area (Å²) in [6.45, 7) is 0. The Kier molecular flexibility index (Phi) is 2.96. The minimum Gasteiger partial charge on any atom is -0.374 e. The maximum atomic E-state index is 13.3. The van der Waals surface area contributed by atoms with E-state index in [2.05, 4.69) is 0 Å². The molecule has 1 aromatic rings. The molecule has 0 amide bonds. The lowest BCUT2D eigenvalue weighted by molar-refractivity contribution is 0.505. The van der Waals surface area contributed by atoms with E-state index in [-0.39, 0.29) is 5.69 Å². The molecule has 0 aliphatic carbocycles. The molecular weight excluding hydrogens is 226 g/mol. The summed E-state index contributed by atoms with van der Waals surface area (Å²) in [5, 5.41) is 4.87. The van der Waals surface area contributed by atoms with Gasteiger partial charge in [0.05, 0.1) is 5.69 Å². The van der Waals surface area contributed by atoms with Crippen LogP contribution in [0.2, 0.25) is 0 Å². The van der Waals surface area contributed by atoms with Crippen molar-refractivity contribution in [1.29, 1.82) is 0 Å².